The maximum atomic E-state index is 8.66. The molecule has 0 unspecified atom stereocenters. The molecule has 78 valence electrons. The Labute approximate surface area is 96.0 Å². The van der Waals surface area contributed by atoms with Gasteiger partial charge in [0.2, 0.25) is 0 Å². The highest BCUT2D eigenvalue weighted by Gasteiger charge is 2.04. The Morgan fingerprint density at radius 2 is 1.93 bits per heavy atom. The van der Waals surface area contributed by atoms with Crippen LogP contribution >= 0.6 is 12.4 Å². The molecule has 1 aromatic carbocycles. The zero-order valence-corrected chi connectivity index (χ0v) is 9.18. The van der Waals surface area contributed by atoms with Crippen molar-refractivity contribution in [3.05, 3.63) is 41.5 Å². The summed E-state index contributed by atoms with van der Waals surface area (Å²) in [5.74, 6) is 0. The van der Waals surface area contributed by atoms with Crippen LogP contribution in [0.1, 0.15) is 17.5 Å². The van der Waals surface area contributed by atoms with Crippen LogP contribution in [-0.2, 0) is 0 Å². The van der Waals surface area contributed by atoms with E-state index in [1.165, 1.54) is 11.1 Å². The predicted octanol–water partition coefficient (Wildman–Crippen LogP) is 2.36. The smallest absolute Gasteiger partial charge is 0.0991 e. The molecular formula is C12H13ClN2. The Bertz CT molecular complexity index is 387. The first kappa shape index (κ1) is 11.8. The second-order valence-corrected chi connectivity index (χ2v) is 3.37. The molecule has 3 heteroatoms. The Morgan fingerprint density at radius 3 is 2.47 bits per heavy atom. The summed E-state index contributed by atoms with van der Waals surface area (Å²) in [6, 6.07) is 9.92. The third kappa shape index (κ3) is 2.82. The monoisotopic (exact) mass is 220 g/mol. The third-order valence-electron chi connectivity index (χ3n) is 2.45. The third-order valence-corrected chi connectivity index (χ3v) is 2.45. The van der Waals surface area contributed by atoms with Gasteiger partial charge in [-0.25, -0.2) is 0 Å². The molecule has 0 saturated carbocycles. The minimum absolute atomic E-state index is 0. The Balaban J connectivity index is 0.00000112. The molecule has 1 aromatic rings. The van der Waals surface area contributed by atoms with Gasteiger partial charge in [0.15, 0.2) is 0 Å². The van der Waals surface area contributed by atoms with Gasteiger partial charge in [-0.1, -0.05) is 18.2 Å². The maximum Gasteiger partial charge on any atom is 0.0991 e. The number of nitrogens with one attached hydrogen (secondary N) is 1. The van der Waals surface area contributed by atoms with Gasteiger partial charge in [-0.2, -0.15) is 5.26 Å². The number of nitriles is 1. The lowest BCUT2D eigenvalue weighted by Crippen LogP contribution is -2.19. The largest absolute Gasteiger partial charge is 0.313 e. The topological polar surface area (TPSA) is 35.8 Å². The van der Waals surface area contributed by atoms with Gasteiger partial charge in [-0.3, -0.25) is 0 Å². The molecule has 0 saturated heterocycles. The van der Waals surface area contributed by atoms with E-state index in [0.717, 1.165) is 25.1 Å². The van der Waals surface area contributed by atoms with Gasteiger partial charge < -0.3 is 5.32 Å². The summed E-state index contributed by atoms with van der Waals surface area (Å²) >= 11 is 0. The number of rotatable bonds is 1. The molecule has 0 radical (unpaired) electrons. The minimum Gasteiger partial charge on any atom is -0.313 e. The molecule has 0 fully saturated rings. The fraction of sp³-hybridized carbons (Fsp3) is 0.250. The van der Waals surface area contributed by atoms with Crippen LogP contribution in [0, 0.1) is 11.3 Å². The second kappa shape index (κ2) is 5.55. The lowest BCUT2D eigenvalue weighted by molar-refractivity contribution is 0.738. The number of nitrogens with zero attached hydrogens (tertiary/aromatic N) is 1. The summed E-state index contributed by atoms with van der Waals surface area (Å²) in [7, 11) is 0. The van der Waals surface area contributed by atoms with Crippen molar-refractivity contribution in [2.45, 2.75) is 6.42 Å². The normalized spacial score (nSPS) is 14.7. The molecule has 0 atom stereocenters. The van der Waals surface area contributed by atoms with E-state index < -0.39 is 0 Å². The van der Waals surface area contributed by atoms with Crippen LogP contribution in [0.3, 0.4) is 0 Å². The van der Waals surface area contributed by atoms with Crippen LogP contribution in [0.15, 0.2) is 30.3 Å². The number of hydrogen-bond acceptors (Lipinski definition) is 2. The van der Waals surface area contributed by atoms with E-state index in [0.29, 0.717) is 0 Å². The van der Waals surface area contributed by atoms with Gasteiger partial charge in [0.05, 0.1) is 11.6 Å². The fourth-order valence-corrected chi connectivity index (χ4v) is 1.64. The van der Waals surface area contributed by atoms with Crippen molar-refractivity contribution in [3.63, 3.8) is 0 Å². The molecule has 0 bridgehead atoms. The molecule has 0 amide bonds. The summed E-state index contributed by atoms with van der Waals surface area (Å²) in [6.07, 6.45) is 3.29. The number of benzene rings is 1. The standard InChI is InChI=1S/C12H12N2.ClH/c13-9-10-1-3-11(4-2-10)12-5-7-14-8-6-12;/h1-5,14H,6-8H2;1H. The molecule has 2 nitrogen and oxygen atoms in total. The molecule has 0 spiro atoms. The predicted molar refractivity (Wildman–Crippen MR) is 63.9 cm³/mol. The molecule has 1 N–H and O–H groups in total. The zero-order chi connectivity index (χ0) is 9.80. The van der Waals surface area contributed by atoms with E-state index in [1.807, 2.05) is 24.3 Å². The first-order valence-corrected chi connectivity index (χ1v) is 4.80. The molecule has 1 aliphatic heterocycles. The number of hydrogen-bond donors (Lipinski definition) is 1. The lowest BCUT2D eigenvalue weighted by atomic mass is 9.99. The first-order chi connectivity index (χ1) is 6.90. The van der Waals surface area contributed by atoms with Crippen LogP contribution in [0.4, 0.5) is 0 Å². The van der Waals surface area contributed by atoms with Crippen molar-refractivity contribution in [1.29, 1.82) is 5.26 Å². The van der Waals surface area contributed by atoms with Gasteiger partial charge >= 0.3 is 0 Å². The van der Waals surface area contributed by atoms with E-state index in [4.69, 9.17) is 5.26 Å². The van der Waals surface area contributed by atoms with Gasteiger partial charge in [-0.05, 0) is 36.2 Å². The van der Waals surface area contributed by atoms with Crippen molar-refractivity contribution in [2.75, 3.05) is 13.1 Å². The molecular weight excluding hydrogens is 208 g/mol. The first-order valence-electron chi connectivity index (χ1n) is 4.80. The second-order valence-electron chi connectivity index (χ2n) is 3.37. The highest BCUT2D eigenvalue weighted by atomic mass is 35.5. The summed E-state index contributed by atoms with van der Waals surface area (Å²) in [4.78, 5) is 0. The highest BCUT2D eigenvalue weighted by molar-refractivity contribution is 5.85. The Morgan fingerprint density at radius 1 is 1.20 bits per heavy atom. The fourth-order valence-electron chi connectivity index (χ4n) is 1.64. The number of halogens is 1. The molecule has 1 aliphatic rings. The molecule has 2 rings (SSSR count). The van der Waals surface area contributed by atoms with Crippen molar-refractivity contribution >= 4 is 18.0 Å². The van der Waals surface area contributed by atoms with Crippen LogP contribution in [0.25, 0.3) is 5.57 Å². The average Bonchev–Trinajstić information content (AvgIpc) is 2.30. The van der Waals surface area contributed by atoms with Gasteiger partial charge in [0.1, 0.15) is 0 Å². The maximum absolute atomic E-state index is 8.66. The van der Waals surface area contributed by atoms with Crippen LogP contribution in [-0.4, -0.2) is 13.1 Å². The van der Waals surface area contributed by atoms with E-state index in [1.54, 1.807) is 0 Å². The summed E-state index contributed by atoms with van der Waals surface area (Å²) in [6.45, 7) is 2.00. The average molecular weight is 221 g/mol. The highest BCUT2D eigenvalue weighted by Crippen LogP contribution is 2.19. The van der Waals surface area contributed by atoms with Crippen LogP contribution < -0.4 is 5.32 Å². The summed E-state index contributed by atoms with van der Waals surface area (Å²) in [5.41, 5.74) is 3.35. The zero-order valence-electron chi connectivity index (χ0n) is 8.36. The Kier molecular flexibility index (Phi) is 4.36. The van der Waals surface area contributed by atoms with Crippen molar-refractivity contribution in [1.82, 2.24) is 5.32 Å². The quantitative estimate of drug-likeness (QED) is 0.789. The van der Waals surface area contributed by atoms with Crippen LogP contribution in [0.5, 0.6) is 0 Å². The van der Waals surface area contributed by atoms with Crippen molar-refractivity contribution in [2.24, 2.45) is 0 Å². The van der Waals surface area contributed by atoms with Crippen molar-refractivity contribution < 1.29 is 0 Å². The van der Waals surface area contributed by atoms with Gasteiger partial charge in [0, 0.05) is 6.54 Å². The van der Waals surface area contributed by atoms with E-state index >= 15 is 0 Å². The van der Waals surface area contributed by atoms with Gasteiger partial charge in [-0.15, -0.1) is 12.4 Å². The molecule has 1 heterocycles. The van der Waals surface area contributed by atoms with Gasteiger partial charge in [0.25, 0.3) is 0 Å². The van der Waals surface area contributed by atoms with E-state index in [9.17, 15) is 0 Å². The molecule has 15 heavy (non-hydrogen) atoms. The van der Waals surface area contributed by atoms with E-state index in [-0.39, 0.29) is 12.4 Å². The van der Waals surface area contributed by atoms with Crippen LogP contribution in [0.2, 0.25) is 0 Å². The minimum atomic E-state index is 0. The van der Waals surface area contributed by atoms with E-state index in [2.05, 4.69) is 17.5 Å². The van der Waals surface area contributed by atoms with Crippen molar-refractivity contribution in [3.8, 4) is 6.07 Å². The Hall–Kier alpha value is -1.30. The SMILES string of the molecule is Cl.N#Cc1ccc(C2=CCNCC2)cc1. The summed E-state index contributed by atoms with van der Waals surface area (Å²) < 4.78 is 0. The molecule has 0 aliphatic carbocycles. The molecule has 0 aromatic heterocycles. The lowest BCUT2D eigenvalue weighted by Gasteiger charge is -2.13. The summed E-state index contributed by atoms with van der Waals surface area (Å²) in [5, 5.41) is 11.9.